The van der Waals surface area contributed by atoms with Gasteiger partial charge in [0.25, 0.3) is 0 Å². The normalized spacial score (nSPS) is 22.3. The minimum absolute atomic E-state index is 0.0488. The summed E-state index contributed by atoms with van der Waals surface area (Å²) < 4.78 is 7.87. The smallest absolute Gasteiger partial charge is 0.167 e. The van der Waals surface area contributed by atoms with E-state index in [1.54, 1.807) is 12.7 Å². The summed E-state index contributed by atoms with van der Waals surface area (Å²) in [5.41, 5.74) is 5.40. The van der Waals surface area contributed by atoms with Crippen LogP contribution in [-0.2, 0) is 11.2 Å². The second-order valence-corrected chi connectivity index (χ2v) is 6.98. The van der Waals surface area contributed by atoms with Gasteiger partial charge in [-0.05, 0) is 37.3 Å². The molecule has 2 atom stereocenters. The van der Waals surface area contributed by atoms with E-state index >= 15 is 0 Å². The Morgan fingerprint density at radius 2 is 2.15 bits per heavy atom. The lowest BCUT2D eigenvalue weighted by atomic mass is 10.1. The molecule has 7 nitrogen and oxygen atoms in total. The molecule has 2 aliphatic heterocycles. The topological polar surface area (TPSA) is 76.3 Å². The zero-order valence-electron chi connectivity index (χ0n) is 14.7. The average molecular weight is 351 g/mol. The van der Waals surface area contributed by atoms with Crippen LogP contribution in [0.4, 0.5) is 11.5 Å². The third-order valence-corrected chi connectivity index (χ3v) is 5.39. The number of aryl methyl sites for hydroxylation is 1. The number of imidazole rings is 1. The van der Waals surface area contributed by atoms with Gasteiger partial charge in [0.15, 0.2) is 17.0 Å². The van der Waals surface area contributed by atoms with Gasteiger partial charge < -0.3 is 14.7 Å². The molecule has 26 heavy (non-hydrogen) atoms. The lowest BCUT2D eigenvalue weighted by molar-refractivity contribution is -0.0207. The van der Waals surface area contributed by atoms with E-state index in [-0.39, 0.29) is 18.9 Å². The number of aliphatic hydroxyl groups excluding tert-OH is 1. The van der Waals surface area contributed by atoms with Crippen LogP contribution in [0.25, 0.3) is 11.2 Å². The van der Waals surface area contributed by atoms with Gasteiger partial charge >= 0.3 is 0 Å². The summed E-state index contributed by atoms with van der Waals surface area (Å²) in [6.45, 7) is 3.08. The van der Waals surface area contributed by atoms with Crippen molar-refractivity contribution in [2.75, 3.05) is 18.1 Å². The van der Waals surface area contributed by atoms with Crippen molar-refractivity contribution in [3.05, 3.63) is 42.0 Å². The molecule has 2 unspecified atom stereocenters. The lowest BCUT2D eigenvalue weighted by Gasteiger charge is -2.20. The number of hydrogen-bond acceptors (Lipinski definition) is 6. The maximum atomic E-state index is 9.32. The number of fused-ring (bicyclic) bond motifs is 2. The molecule has 3 aromatic rings. The third kappa shape index (κ3) is 2.31. The molecule has 0 saturated carbocycles. The number of aromatic nitrogens is 4. The lowest BCUT2D eigenvalue weighted by Crippen LogP contribution is -2.17. The monoisotopic (exact) mass is 351 g/mol. The molecule has 1 N–H and O–H groups in total. The van der Waals surface area contributed by atoms with E-state index in [9.17, 15) is 5.11 Å². The number of aliphatic hydroxyl groups is 1. The molecule has 7 heteroatoms. The number of rotatable bonds is 3. The van der Waals surface area contributed by atoms with Crippen molar-refractivity contribution in [3.63, 3.8) is 0 Å². The Morgan fingerprint density at radius 3 is 3.00 bits per heavy atom. The molecule has 0 amide bonds. The predicted octanol–water partition coefficient (Wildman–Crippen LogP) is 2.50. The van der Waals surface area contributed by atoms with E-state index < -0.39 is 0 Å². The van der Waals surface area contributed by atoms with Crippen LogP contribution in [0.5, 0.6) is 0 Å². The number of hydrogen-bond donors (Lipinski definition) is 1. The van der Waals surface area contributed by atoms with Crippen LogP contribution < -0.4 is 4.90 Å². The highest BCUT2D eigenvalue weighted by molar-refractivity contribution is 5.88. The highest BCUT2D eigenvalue weighted by Crippen LogP contribution is 2.39. The molecule has 0 bridgehead atoms. The first-order valence-corrected chi connectivity index (χ1v) is 9.06. The first-order chi connectivity index (χ1) is 12.8. The van der Waals surface area contributed by atoms with E-state index in [0.717, 1.165) is 42.8 Å². The van der Waals surface area contributed by atoms with Gasteiger partial charge in [0.05, 0.1) is 19.0 Å². The molecule has 1 fully saturated rings. The summed E-state index contributed by atoms with van der Waals surface area (Å²) in [6.07, 6.45) is 5.85. The van der Waals surface area contributed by atoms with Crippen LogP contribution in [-0.4, -0.2) is 43.9 Å². The Hall–Kier alpha value is -2.51. The van der Waals surface area contributed by atoms with Crippen molar-refractivity contribution in [1.29, 1.82) is 0 Å². The molecular formula is C19H21N5O2. The fraction of sp³-hybridized carbons (Fsp3) is 0.421. The second kappa shape index (κ2) is 6.03. The molecule has 2 aliphatic rings. The molecule has 1 aromatic carbocycles. The van der Waals surface area contributed by atoms with Crippen LogP contribution in [0, 0.1) is 6.92 Å². The molecule has 0 radical (unpaired) electrons. The van der Waals surface area contributed by atoms with E-state index in [2.05, 4.69) is 45.0 Å². The maximum Gasteiger partial charge on any atom is 0.167 e. The molecule has 2 aromatic heterocycles. The SMILES string of the molecule is Cc1cccc2c1N(c1ncnc3c1ncn3C1CCC(CO)O1)CC2. The zero-order chi connectivity index (χ0) is 17.7. The zero-order valence-corrected chi connectivity index (χ0v) is 14.7. The Kier molecular flexibility index (Phi) is 3.65. The van der Waals surface area contributed by atoms with Crippen molar-refractivity contribution >= 4 is 22.7 Å². The molecule has 1 saturated heterocycles. The van der Waals surface area contributed by atoms with Gasteiger partial charge in [-0.1, -0.05) is 18.2 Å². The van der Waals surface area contributed by atoms with E-state index in [4.69, 9.17) is 4.74 Å². The van der Waals surface area contributed by atoms with Crippen LogP contribution in [0.15, 0.2) is 30.9 Å². The summed E-state index contributed by atoms with van der Waals surface area (Å²) in [5, 5.41) is 9.32. The summed E-state index contributed by atoms with van der Waals surface area (Å²) in [6, 6.07) is 6.42. The highest BCUT2D eigenvalue weighted by Gasteiger charge is 2.30. The van der Waals surface area contributed by atoms with Crippen LogP contribution in [0.3, 0.4) is 0 Å². The fourth-order valence-corrected chi connectivity index (χ4v) is 4.14. The van der Waals surface area contributed by atoms with Crippen molar-refractivity contribution in [2.45, 2.75) is 38.5 Å². The summed E-state index contributed by atoms with van der Waals surface area (Å²) in [7, 11) is 0. The molecule has 134 valence electrons. The van der Waals surface area contributed by atoms with Crippen LogP contribution in [0.2, 0.25) is 0 Å². The predicted molar refractivity (Wildman–Crippen MR) is 97.4 cm³/mol. The standard InChI is InChI=1S/C19H21N5O2/c1-12-3-2-4-13-7-8-23(17(12)13)18-16-19(21-10-20-18)24(11-22-16)15-6-5-14(9-25)26-15/h2-4,10-11,14-15,25H,5-9H2,1H3. The minimum atomic E-state index is -0.132. The van der Waals surface area contributed by atoms with Gasteiger partial charge in [-0.2, -0.15) is 0 Å². The first kappa shape index (κ1) is 15.7. The largest absolute Gasteiger partial charge is 0.394 e. The molecule has 0 spiro atoms. The number of anilines is 2. The van der Waals surface area contributed by atoms with E-state index in [1.165, 1.54) is 16.8 Å². The molecule has 5 rings (SSSR count). The third-order valence-electron chi connectivity index (χ3n) is 5.39. The average Bonchev–Trinajstić information content (AvgIpc) is 3.38. The Balaban J connectivity index is 1.58. The Labute approximate surface area is 151 Å². The van der Waals surface area contributed by atoms with Gasteiger partial charge in [-0.3, -0.25) is 4.57 Å². The summed E-state index contributed by atoms with van der Waals surface area (Å²) in [5.74, 6) is 0.846. The molecular weight excluding hydrogens is 330 g/mol. The molecule has 4 heterocycles. The van der Waals surface area contributed by atoms with Crippen molar-refractivity contribution in [1.82, 2.24) is 19.5 Å². The Morgan fingerprint density at radius 1 is 1.23 bits per heavy atom. The minimum Gasteiger partial charge on any atom is -0.394 e. The van der Waals surface area contributed by atoms with Gasteiger partial charge in [0, 0.05) is 12.2 Å². The van der Waals surface area contributed by atoms with E-state index in [1.807, 2.05) is 4.57 Å². The second-order valence-electron chi connectivity index (χ2n) is 6.98. The van der Waals surface area contributed by atoms with Gasteiger partial charge in [0.1, 0.15) is 12.6 Å². The van der Waals surface area contributed by atoms with Crippen LogP contribution >= 0.6 is 0 Å². The van der Waals surface area contributed by atoms with Crippen molar-refractivity contribution in [2.24, 2.45) is 0 Å². The highest BCUT2D eigenvalue weighted by atomic mass is 16.5. The number of benzene rings is 1. The molecule has 0 aliphatic carbocycles. The van der Waals surface area contributed by atoms with Crippen LogP contribution in [0.1, 0.15) is 30.2 Å². The maximum absolute atomic E-state index is 9.32. The summed E-state index contributed by atoms with van der Waals surface area (Å²) in [4.78, 5) is 15.9. The fourth-order valence-electron chi connectivity index (χ4n) is 4.14. The quantitative estimate of drug-likeness (QED) is 0.781. The van der Waals surface area contributed by atoms with Gasteiger partial charge in [0.2, 0.25) is 0 Å². The number of para-hydroxylation sites is 1. The summed E-state index contributed by atoms with van der Waals surface area (Å²) >= 11 is 0. The Bertz CT molecular complexity index is 970. The number of ether oxygens (including phenoxy) is 1. The van der Waals surface area contributed by atoms with Gasteiger partial charge in [-0.25, -0.2) is 15.0 Å². The van der Waals surface area contributed by atoms with E-state index in [0.29, 0.717) is 0 Å². The number of nitrogens with zero attached hydrogens (tertiary/aromatic N) is 5. The van der Waals surface area contributed by atoms with Crippen molar-refractivity contribution in [3.8, 4) is 0 Å². The van der Waals surface area contributed by atoms with Crippen molar-refractivity contribution < 1.29 is 9.84 Å². The van der Waals surface area contributed by atoms with Gasteiger partial charge in [-0.15, -0.1) is 0 Å². The first-order valence-electron chi connectivity index (χ1n) is 9.06.